The topological polar surface area (TPSA) is 56.8 Å². The zero-order chi connectivity index (χ0) is 13.0. The minimum atomic E-state index is -0.630. The van der Waals surface area contributed by atoms with Gasteiger partial charge in [0.15, 0.2) is 0 Å². The first-order chi connectivity index (χ1) is 8.64. The normalized spacial score (nSPS) is 26.9. The fourth-order valence-corrected chi connectivity index (χ4v) is 2.21. The van der Waals surface area contributed by atoms with E-state index in [1.54, 1.807) is 0 Å². The van der Waals surface area contributed by atoms with Crippen LogP contribution in [0.4, 0.5) is 0 Å². The van der Waals surface area contributed by atoms with Crippen LogP contribution < -0.4 is 5.32 Å². The highest BCUT2D eigenvalue weighted by Gasteiger charge is 2.39. The third-order valence-corrected chi connectivity index (χ3v) is 3.58. The van der Waals surface area contributed by atoms with Gasteiger partial charge in [0, 0.05) is 19.3 Å². The summed E-state index contributed by atoms with van der Waals surface area (Å²) in [5.74, 6) is -0.208. The average molecular weight is 257 g/mol. The number of nitrogens with one attached hydrogen (secondary N) is 1. The van der Waals surface area contributed by atoms with Gasteiger partial charge >= 0.3 is 5.97 Å². The molecule has 5 heteroatoms. The molecule has 18 heavy (non-hydrogen) atoms. The van der Waals surface area contributed by atoms with Gasteiger partial charge in [-0.2, -0.15) is 0 Å². The molecule has 2 unspecified atom stereocenters. The lowest BCUT2D eigenvalue weighted by molar-refractivity contribution is -0.149. The Balaban J connectivity index is 1.78. The standard InChI is InChI=1S/C13H23NO4/c1-13(12(15)16-2,14-10-3-4-10)6-8-18-11-5-7-17-9-11/h10-11,14H,3-9H2,1-2H3. The Morgan fingerprint density at radius 1 is 1.44 bits per heavy atom. The van der Waals surface area contributed by atoms with Gasteiger partial charge in [-0.25, -0.2) is 0 Å². The van der Waals surface area contributed by atoms with Crippen molar-refractivity contribution in [2.45, 2.75) is 50.3 Å². The number of carbonyl (C=O) groups excluding carboxylic acids is 1. The number of ether oxygens (including phenoxy) is 3. The molecule has 0 aromatic carbocycles. The van der Waals surface area contributed by atoms with Gasteiger partial charge in [0.1, 0.15) is 5.54 Å². The molecule has 2 rings (SSSR count). The van der Waals surface area contributed by atoms with Crippen molar-refractivity contribution in [2.75, 3.05) is 26.9 Å². The van der Waals surface area contributed by atoms with Gasteiger partial charge in [0.05, 0.1) is 19.8 Å². The van der Waals surface area contributed by atoms with Crippen LogP contribution in [0.1, 0.15) is 32.6 Å². The first-order valence-electron chi connectivity index (χ1n) is 6.69. The molecule has 0 radical (unpaired) electrons. The first kappa shape index (κ1) is 13.8. The van der Waals surface area contributed by atoms with Crippen molar-refractivity contribution >= 4 is 5.97 Å². The molecule has 1 heterocycles. The minimum Gasteiger partial charge on any atom is -0.468 e. The van der Waals surface area contributed by atoms with Crippen molar-refractivity contribution in [1.29, 1.82) is 0 Å². The predicted molar refractivity (Wildman–Crippen MR) is 66.4 cm³/mol. The summed E-state index contributed by atoms with van der Waals surface area (Å²) in [5.41, 5.74) is -0.630. The number of methoxy groups -OCH3 is 1. The average Bonchev–Trinajstić information content (AvgIpc) is 3.01. The van der Waals surface area contributed by atoms with E-state index in [9.17, 15) is 4.79 Å². The molecule has 0 spiro atoms. The van der Waals surface area contributed by atoms with Gasteiger partial charge in [-0.15, -0.1) is 0 Å². The van der Waals surface area contributed by atoms with E-state index in [1.165, 1.54) is 7.11 Å². The van der Waals surface area contributed by atoms with Crippen LogP contribution in [0.3, 0.4) is 0 Å². The quantitative estimate of drug-likeness (QED) is 0.686. The zero-order valence-corrected chi connectivity index (χ0v) is 11.2. The Labute approximate surface area is 108 Å². The van der Waals surface area contributed by atoms with Crippen LogP contribution in [0.5, 0.6) is 0 Å². The maximum absolute atomic E-state index is 11.9. The van der Waals surface area contributed by atoms with Crippen molar-refractivity contribution in [1.82, 2.24) is 5.32 Å². The van der Waals surface area contributed by atoms with Gasteiger partial charge in [-0.05, 0) is 32.6 Å². The van der Waals surface area contributed by atoms with Crippen LogP contribution in [0.15, 0.2) is 0 Å². The van der Waals surface area contributed by atoms with Crippen molar-refractivity contribution in [3.63, 3.8) is 0 Å². The second-order valence-corrected chi connectivity index (χ2v) is 5.35. The zero-order valence-electron chi connectivity index (χ0n) is 11.2. The number of esters is 1. The SMILES string of the molecule is COC(=O)C(C)(CCOC1CCOC1)NC1CC1. The molecule has 0 aromatic rings. The third kappa shape index (κ3) is 3.67. The van der Waals surface area contributed by atoms with E-state index in [0.29, 0.717) is 25.7 Å². The molecule has 104 valence electrons. The molecule has 0 amide bonds. The maximum Gasteiger partial charge on any atom is 0.325 e. The lowest BCUT2D eigenvalue weighted by Gasteiger charge is -2.28. The molecule has 2 fully saturated rings. The highest BCUT2D eigenvalue weighted by Crippen LogP contribution is 2.25. The van der Waals surface area contributed by atoms with Gasteiger partial charge in [0.2, 0.25) is 0 Å². The van der Waals surface area contributed by atoms with E-state index in [2.05, 4.69) is 5.32 Å². The highest BCUT2D eigenvalue weighted by atomic mass is 16.5. The van der Waals surface area contributed by atoms with Gasteiger partial charge in [-0.3, -0.25) is 10.1 Å². The van der Waals surface area contributed by atoms with Crippen LogP contribution in [0.2, 0.25) is 0 Å². The monoisotopic (exact) mass is 257 g/mol. The minimum absolute atomic E-state index is 0.188. The summed E-state index contributed by atoms with van der Waals surface area (Å²) in [6.07, 6.45) is 4.05. The molecule has 2 atom stereocenters. The molecular weight excluding hydrogens is 234 g/mol. The van der Waals surface area contributed by atoms with E-state index in [-0.39, 0.29) is 12.1 Å². The molecule has 1 aliphatic carbocycles. The second kappa shape index (κ2) is 5.99. The van der Waals surface area contributed by atoms with Crippen molar-refractivity contribution < 1.29 is 19.0 Å². The number of hydrogen-bond donors (Lipinski definition) is 1. The summed E-state index contributed by atoms with van der Waals surface area (Å²) >= 11 is 0. The number of hydrogen-bond acceptors (Lipinski definition) is 5. The predicted octanol–water partition coefficient (Wildman–Crippen LogP) is 0.866. The van der Waals surface area contributed by atoms with E-state index in [0.717, 1.165) is 25.9 Å². The summed E-state index contributed by atoms with van der Waals surface area (Å²) < 4.78 is 15.9. The van der Waals surface area contributed by atoms with E-state index in [1.807, 2.05) is 6.92 Å². The Morgan fingerprint density at radius 3 is 2.78 bits per heavy atom. The highest BCUT2D eigenvalue weighted by molar-refractivity contribution is 5.80. The first-order valence-corrected chi connectivity index (χ1v) is 6.69. The Kier molecular flexibility index (Phi) is 4.59. The van der Waals surface area contributed by atoms with E-state index < -0.39 is 5.54 Å². The summed E-state index contributed by atoms with van der Waals surface area (Å²) in [6.45, 7) is 3.90. The molecule has 2 aliphatic rings. The third-order valence-electron chi connectivity index (χ3n) is 3.58. The molecule has 1 saturated heterocycles. The van der Waals surface area contributed by atoms with Crippen molar-refractivity contribution in [2.24, 2.45) is 0 Å². The molecule has 5 nitrogen and oxygen atoms in total. The lowest BCUT2D eigenvalue weighted by Crippen LogP contribution is -2.52. The summed E-state index contributed by atoms with van der Waals surface area (Å²) in [6, 6.07) is 0.462. The van der Waals surface area contributed by atoms with Crippen molar-refractivity contribution in [3.05, 3.63) is 0 Å². The number of rotatable bonds is 7. The summed E-state index contributed by atoms with van der Waals surface area (Å²) in [7, 11) is 1.43. The lowest BCUT2D eigenvalue weighted by atomic mass is 9.98. The van der Waals surface area contributed by atoms with Crippen LogP contribution >= 0.6 is 0 Å². The van der Waals surface area contributed by atoms with E-state index >= 15 is 0 Å². The smallest absolute Gasteiger partial charge is 0.325 e. The van der Waals surface area contributed by atoms with E-state index in [4.69, 9.17) is 14.2 Å². The number of carbonyl (C=O) groups is 1. The summed E-state index contributed by atoms with van der Waals surface area (Å²) in [5, 5.41) is 3.36. The molecule has 1 saturated carbocycles. The maximum atomic E-state index is 11.9. The molecular formula is C13H23NO4. The van der Waals surface area contributed by atoms with Gasteiger partial charge in [-0.1, -0.05) is 0 Å². The molecule has 1 aliphatic heterocycles. The second-order valence-electron chi connectivity index (χ2n) is 5.35. The Hall–Kier alpha value is -0.650. The van der Waals surface area contributed by atoms with Crippen LogP contribution in [-0.4, -0.2) is 50.6 Å². The Bertz CT molecular complexity index is 287. The molecule has 0 bridgehead atoms. The fraction of sp³-hybridized carbons (Fsp3) is 0.923. The van der Waals surface area contributed by atoms with Crippen molar-refractivity contribution in [3.8, 4) is 0 Å². The van der Waals surface area contributed by atoms with Crippen LogP contribution in [-0.2, 0) is 19.0 Å². The Morgan fingerprint density at radius 2 is 2.22 bits per heavy atom. The van der Waals surface area contributed by atoms with Gasteiger partial charge in [0.25, 0.3) is 0 Å². The van der Waals surface area contributed by atoms with Crippen LogP contribution in [0, 0.1) is 0 Å². The fourth-order valence-electron chi connectivity index (χ4n) is 2.21. The summed E-state index contributed by atoms with van der Waals surface area (Å²) in [4.78, 5) is 11.9. The molecule has 1 N–H and O–H groups in total. The van der Waals surface area contributed by atoms with Gasteiger partial charge < -0.3 is 14.2 Å². The molecule has 0 aromatic heterocycles. The largest absolute Gasteiger partial charge is 0.468 e. The van der Waals surface area contributed by atoms with Crippen LogP contribution in [0.25, 0.3) is 0 Å².